The fraction of sp³-hybridized carbons (Fsp3) is 0.406. The van der Waals surface area contributed by atoms with Gasteiger partial charge in [-0.25, -0.2) is 13.1 Å². The van der Waals surface area contributed by atoms with E-state index in [1.54, 1.807) is 37.8 Å². The van der Waals surface area contributed by atoms with Crippen LogP contribution in [0.1, 0.15) is 51.3 Å². The molecular formula is C32H37N3O6S. The number of nitrogens with zero attached hydrogens (tertiary/aromatic N) is 2. The Hall–Kier alpha value is -3.28. The normalized spacial score (nSPS) is 25.1. The van der Waals surface area contributed by atoms with Crippen LogP contribution in [0.4, 0.5) is 11.4 Å². The summed E-state index contributed by atoms with van der Waals surface area (Å²) in [7, 11) is -3.77. The number of para-hydroxylation sites is 1. The third kappa shape index (κ3) is 5.11. The second kappa shape index (κ2) is 9.89. The number of hydrogen-bond acceptors (Lipinski definition) is 7. The highest BCUT2D eigenvalue weighted by Crippen LogP contribution is 2.45. The summed E-state index contributed by atoms with van der Waals surface area (Å²) in [4.78, 5) is 17.8. The van der Waals surface area contributed by atoms with Crippen LogP contribution in [0, 0.1) is 0 Å². The van der Waals surface area contributed by atoms with Crippen molar-refractivity contribution >= 4 is 27.3 Å². The molecule has 3 atom stereocenters. The highest BCUT2D eigenvalue weighted by molar-refractivity contribution is 7.89. The second-order valence-corrected chi connectivity index (χ2v) is 14.5. The Morgan fingerprint density at radius 3 is 2.12 bits per heavy atom. The number of hydrogen-bond donors (Lipinski definition) is 2. The van der Waals surface area contributed by atoms with Gasteiger partial charge in [0, 0.05) is 29.9 Å². The first-order valence-corrected chi connectivity index (χ1v) is 15.6. The van der Waals surface area contributed by atoms with Crippen LogP contribution in [0.25, 0.3) is 0 Å². The molecule has 222 valence electrons. The number of benzene rings is 3. The predicted octanol–water partition coefficient (Wildman–Crippen LogP) is 3.89. The van der Waals surface area contributed by atoms with Gasteiger partial charge < -0.3 is 24.4 Å². The van der Waals surface area contributed by atoms with Crippen LogP contribution >= 0.6 is 0 Å². The van der Waals surface area contributed by atoms with Gasteiger partial charge in [0.25, 0.3) is 5.91 Å². The molecule has 3 aliphatic heterocycles. The van der Waals surface area contributed by atoms with Gasteiger partial charge in [-0.2, -0.15) is 0 Å². The maximum Gasteiger partial charge on any atom is 0.268 e. The summed E-state index contributed by atoms with van der Waals surface area (Å²) in [6, 6.07) is 21.1. The number of rotatable bonds is 6. The van der Waals surface area contributed by atoms with E-state index in [2.05, 4.69) is 9.62 Å². The summed E-state index contributed by atoms with van der Waals surface area (Å²) >= 11 is 0. The van der Waals surface area contributed by atoms with Gasteiger partial charge in [-0.1, -0.05) is 42.5 Å². The van der Waals surface area contributed by atoms with Crippen molar-refractivity contribution in [3.05, 3.63) is 89.5 Å². The summed E-state index contributed by atoms with van der Waals surface area (Å²) in [5.74, 6) is -1.03. The van der Waals surface area contributed by atoms with E-state index in [4.69, 9.17) is 9.47 Å². The van der Waals surface area contributed by atoms with Crippen LogP contribution in [0.15, 0.2) is 77.7 Å². The molecule has 1 amide bonds. The van der Waals surface area contributed by atoms with Crippen LogP contribution in [0.2, 0.25) is 0 Å². The van der Waals surface area contributed by atoms with Crippen molar-refractivity contribution in [1.82, 2.24) is 4.72 Å². The number of nitrogens with one attached hydrogen (secondary N) is 1. The fourth-order valence-corrected chi connectivity index (χ4v) is 7.56. The summed E-state index contributed by atoms with van der Waals surface area (Å²) in [5.41, 5.74) is 0.748. The topological polar surface area (TPSA) is 108 Å². The average molecular weight is 592 g/mol. The van der Waals surface area contributed by atoms with E-state index in [0.29, 0.717) is 16.8 Å². The molecule has 1 unspecified atom stereocenters. The Morgan fingerprint density at radius 1 is 0.929 bits per heavy atom. The van der Waals surface area contributed by atoms with Gasteiger partial charge in [0.15, 0.2) is 11.4 Å². The molecule has 9 nitrogen and oxygen atoms in total. The maximum atomic E-state index is 13.9. The molecule has 3 aliphatic rings. The first-order valence-electron chi connectivity index (χ1n) is 14.1. The molecule has 6 rings (SSSR count). The SMILES string of the molecule is CC(C)(C)NS(=O)(=O)c1ccc(C2(O)C(=O)N(Cc3ccc(N4C[C@@H]5OC(C)(C)O[C@@H]5C4)cc3)c3ccccc32)cc1. The zero-order valence-electron chi connectivity index (χ0n) is 24.5. The van der Waals surface area contributed by atoms with E-state index in [1.807, 2.05) is 50.2 Å². The van der Waals surface area contributed by atoms with Crippen LogP contribution in [0.3, 0.4) is 0 Å². The molecule has 42 heavy (non-hydrogen) atoms. The maximum absolute atomic E-state index is 13.9. The molecule has 0 bridgehead atoms. The van der Waals surface area contributed by atoms with Gasteiger partial charge in [0.2, 0.25) is 10.0 Å². The van der Waals surface area contributed by atoms with Gasteiger partial charge in [-0.05, 0) is 76.1 Å². The molecule has 3 heterocycles. The van der Waals surface area contributed by atoms with Gasteiger partial charge >= 0.3 is 0 Å². The quantitative estimate of drug-likeness (QED) is 0.448. The lowest BCUT2D eigenvalue weighted by atomic mass is 9.87. The highest BCUT2D eigenvalue weighted by atomic mass is 32.2. The Morgan fingerprint density at radius 2 is 1.52 bits per heavy atom. The number of amides is 1. The first kappa shape index (κ1) is 28.8. The van der Waals surface area contributed by atoms with E-state index in [9.17, 15) is 18.3 Å². The fourth-order valence-electron chi connectivity index (χ4n) is 6.14. The van der Waals surface area contributed by atoms with Gasteiger partial charge in [-0.3, -0.25) is 4.79 Å². The molecule has 2 N–H and O–H groups in total. The minimum Gasteiger partial charge on any atom is -0.372 e. The molecule has 3 aromatic rings. The minimum absolute atomic E-state index is 0.0417. The van der Waals surface area contributed by atoms with E-state index in [0.717, 1.165) is 24.3 Å². The third-order valence-electron chi connectivity index (χ3n) is 7.89. The zero-order valence-corrected chi connectivity index (χ0v) is 25.3. The average Bonchev–Trinajstić information content (AvgIpc) is 3.50. The van der Waals surface area contributed by atoms with Crippen LogP contribution in [0.5, 0.6) is 0 Å². The molecule has 0 saturated carbocycles. The number of sulfonamides is 1. The van der Waals surface area contributed by atoms with E-state index >= 15 is 0 Å². The molecule has 0 radical (unpaired) electrons. The van der Waals surface area contributed by atoms with Crippen molar-refractivity contribution in [3.8, 4) is 0 Å². The van der Waals surface area contributed by atoms with Gasteiger partial charge in [0.05, 0.1) is 17.1 Å². The number of anilines is 2. The molecule has 0 aliphatic carbocycles. The second-order valence-electron chi connectivity index (χ2n) is 12.8. The molecule has 2 fully saturated rings. The standard InChI is InChI=1S/C32H37N3O6S/c1-30(2,3)33-42(38,39)24-16-12-22(13-17-24)32(37)25-8-6-7-9-26(25)35(29(32)36)18-21-10-14-23(15-11-21)34-19-27-28(20-34)41-31(4,5)40-27/h6-17,27-28,33,37H,18-20H2,1-5H3/t27-,28+,32?. The minimum atomic E-state index is -3.77. The van der Waals surface area contributed by atoms with Gasteiger partial charge in [0.1, 0.15) is 12.2 Å². The predicted molar refractivity (Wildman–Crippen MR) is 160 cm³/mol. The number of carbonyl (C=O) groups is 1. The number of carbonyl (C=O) groups excluding carboxylic acids is 1. The smallest absolute Gasteiger partial charge is 0.268 e. The molecule has 0 aromatic heterocycles. The molecule has 10 heteroatoms. The molecule has 0 spiro atoms. The van der Waals surface area contributed by atoms with E-state index in [-0.39, 0.29) is 23.6 Å². The molecular weight excluding hydrogens is 554 g/mol. The lowest BCUT2D eigenvalue weighted by molar-refractivity contribution is -0.147. The third-order valence-corrected chi connectivity index (χ3v) is 9.66. The monoisotopic (exact) mass is 591 g/mol. The van der Waals surface area contributed by atoms with Crippen molar-refractivity contribution in [2.24, 2.45) is 0 Å². The Labute approximate surface area is 247 Å². The van der Waals surface area contributed by atoms with Gasteiger partial charge in [-0.15, -0.1) is 0 Å². The Bertz CT molecular complexity index is 1600. The Balaban J connectivity index is 1.22. The number of ether oxygens (including phenoxy) is 2. The van der Waals surface area contributed by atoms with E-state index in [1.165, 1.54) is 24.3 Å². The largest absolute Gasteiger partial charge is 0.372 e. The first-order chi connectivity index (χ1) is 19.7. The van der Waals surface area contributed by atoms with Crippen LogP contribution in [-0.4, -0.2) is 56.1 Å². The molecule has 2 saturated heterocycles. The molecule has 3 aromatic carbocycles. The van der Waals surface area contributed by atoms with Crippen molar-refractivity contribution in [3.63, 3.8) is 0 Å². The summed E-state index contributed by atoms with van der Waals surface area (Å²) < 4.78 is 40.3. The Kier molecular flexibility index (Phi) is 6.79. The number of aliphatic hydroxyl groups is 1. The van der Waals surface area contributed by atoms with Crippen LogP contribution in [-0.2, 0) is 36.4 Å². The number of fused-ring (bicyclic) bond motifs is 2. The summed E-state index contributed by atoms with van der Waals surface area (Å²) in [5, 5.41) is 11.9. The van der Waals surface area contributed by atoms with Crippen molar-refractivity contribution in [1.29, 1.82) is 0 Å². The van der Waals surface area contributed by atoms with Crippen molar-refractivity contribution < 1.29 is 27.8 Å². The summed E-state index contributed by atoms with van der Waals surface area (Å²) in [6.45, 7) is 10.9. The zero-order chi connectivity index (χ0) is 30.1. The van der Waals surface area contributed by atoms with E-state index < -0.39 is 32.9 Å². The highest BCUT2D eigenvalue weighted by Gasteiger charge is 2.51. The van der Waals surface area contributed by atoms with Crippen molar-refractivity contribution in [2.75, 3.05) is 22.9 Å². The summed E-state index contributed by atoms with van der Waals surface area (Å²) in [6.07, 6.45) is 0.0833. The van der Waals surface area contributed by atoms with Crippen molar-refractivity contribution in [2.45, 2.75) is 75.2 Å². The lowest BCUT2D eigenvalue weighted by Gasteiger charge is -2.25. The lowest BCUT2D eigenvalue weighted by Crippen LogP contribution is -2.41. The van der Waals surface area contributed by atoms with Crippen LogP contribution < -0.4 is 14.5 Å².